The van der Waals surface area contributed by atoms with Crippen molar-refractivity contribution in [2.24, 2.45) is 17.8 Å². The van der Waals surface area contributed by atoms with Crippen molar-refractivity contribution in [1.29, 1.82) is 0 Å². The van der Waals surface area contributed by atoms with Crippen LogP contribution in [0.25, 0.3) is 10.9 Å². The van der Waals surface area contributed by atoms with Gasteiger partial charge in [0.05, 0.1) is 31.3 Å². The molecule has 4 N–H and O–H groups in total. The number of hydrogen-bond donors (Lipinski definition) is 4. The molecule has 0 spiro atoms. The maximum absolute atomic E-state index is 13.6. The lowest BCUT2D eigenvalue weighted by Crippen LogP contribution is -2.47. The van der Waals surface area contributed by atoms with Gasteiger partial charge in [0.15, 0.2) is 0 Å². The van der Waals surface area contributed by atoms with Crippen LogP contribution in [0.3, 0.4) is 0 Å². The Balaban J connectivity index is 0.689. The molecule has 1 aromatic heterocycles. The average molecular weight is 898 g/mol. The lowest BCUT2D eigenvalue weighted by molar-refractivity contribution is -0.144. The molecule has 0 saturated carbocycles. The second-order valence-corrected chi connectivity index (χ2v) is 18.3. The van der Waals surface area contributed by atoms with Crippen LogP contribution < -0.4 is 15.6 Å². The fourth-order valence-corrected chi connectivity index (χ4v) is 9.58. The van der Waals surface area contributed by atoms with Gasteiger partial charge in [0.25, 0.3) is 5.91 Å². The zero-order chi connectivity index (χ0) is 45.8. The van der Waals surface area contributed by atoms with E-state index in [1.54, 1.807) is 12.1 Å². The van der Waals surface area contributed by atoms with Gasteiger partial charge in [-0.2, -0.15) is 0 Å². The van der Waals surface area contributed by atoms with Crippen molar-refractivity contribution in [3.63, 3.8) is 0 Å². The first-order valence-electron chi connectivity index (χ1n) is 23.7. The SMILES string of the molecule is O=C(Cc1cccc(OCC2CCN(C(=O)C3CCN(C(=O)c4ccc(CCNCC(O)c5ccc(O)c6[nH]c(=O)ccc56)cc4)CC3)CC2)c1)OCC1CCN(Cc2ccccc2)CC1. The molecule has 1 atom stereocenters. The van der Waals surface area contributed by atoms with Gasteiger partial charge in [-0.3, -0.25) is 24.1 Å². The molecular weight excluding hydrogens is 835 g/mol. The summed E-state index contributed by atoms with van der Waals surface area (Å²) in [6, 6.07) is 32.0. The number of nitrogens with zero attached hydrogens (tertiary/aromatic N) is 3. The van der Waals surface area contributed by atoms with E-state index in [1.165, 1.54) is 17.7 Å². The third-order valence-corrected chi connectivity index (χ3v) is 13.6. The largest absolute Gasteiger partial charge is 0.506 e. The summed E-state index contributed by atoms with van der Waals surface area (Å²) in [4.78, 5) is 60.4. The average Bonchev–Trinajstić information content (AvgIpc) is 3.35. The molecule has 0 aliphatic carbocycles. The molecule has 66 heavy (non-hydrogen) atoms. The lowest BCUT2D eigenvalue weighted by Gasteiger charge is -2.37. The number of nitrogens with one attached hydrogen (secondary N) is 2. The number of aromatic nitrogens is 1. The van der Waals surface area contributed by atoms with Gasteiger partial charge in [0, 0.05) is 62.2 Å². The number of rotatable bonds is 17. The molecule has 3 aliphatic heterocycles. The molecule has 0 radical (unpaired) electrons. The summed E-state index contributed by atoms with van der Waals surface area (Å²) in [5.74, 6) is 1.30. The second-order valence-electron chi connectivity index (χ2n) is 18.3. The van der Waals surface area contributed by atoms with Crippen LogP contribution in [0, 0.1) is 17.8 Å². The van der Waals surface area contributed by atoms with E-state index in [9.17, 15) is 29.4 Å². The zero-order valence-corrected chi connectivity index (χ0v) is 37.7. The number of pyridine rings is 1. The normalized spacial score (nSPS) is 17.2. The number of phenols is 1. The number of hydrogen-bond acceptors (Lipinski definition) is 10. The molecule has 348 valence electrons. The number of aliphatic hydroxyl groups is 1. The Morgan fingerprint density at radius 2 is 1.42 bits per heavy atom. The molecule has 4 heterocycles. The lowest BCUT2D eigenvalue weighted by atomic mass is 9.92. The van der Waals surface area contributed by atoms with Crippen molar-refractivity contribution in [2.75, 3.05) is 65.6 Å². The van der Waals surface area contributed by atoms with E-state index in [2.05, 4.69) is 39.5 Å². The number of likely N-dealkylation sites (tertiary alicyclic amines) is 3. The maximum atomic E-state index is 13.6. The van der Waals surface area contributed by atoms with Crippen molar-refractivity contribution in [3.8, 4) is 11.5 Å². The minimum Gasteiger partial charge on any atom is -0.506 e. The van der Waals surface area contributed by atoms with Gasteiger partial charge in [-0.1, -0.05) is 60.7 Å². The van der Waals surface area contributed by atoms with Crippen LogP contribution in [0.5, 0.6) is 11.5 Å². The summed E-state index contributed by atoms with van der Waals surface area (Å²) in [5.41, 5.74) is 4.47. The zero-order valence-electron chi connectivity index (χ0n) is 37.7. The molecule has 5 aromatic rings. The minimum absolute atomic E-state index is 0.0242. The molecule has 13 heteroatoms. The molecule has 3 fully saturated rings. The molecule has 1 unspecified atom stereocenters. The molecule has 0 bridgehead atoms. The number of fused-ring (bicyclic) bond motifs is 1. The van der Waals surface area contributed by atoms with Crippen LogP contribution in [0.15, 0.2) is 108 Å². The van der Waals surface area contributed by atoms with Crippen molar-refractivity contribution < 1.29 is 34.1 Å². The van der Waals surface area contributed by atoms with Crippen molar-refractivity contribution in [2.45, 2.75) is 64.0 Å². The van der Waals surface area contributed by atoms with E-state index in [-0.39, 0.29) is 48.0 Å². The van der Waals surface area contributed by atoms with Gasteiger partial charge in [0.2, 0.25) is 11.5 Å². The first kappa shape index (κ1) is 46.5. The van der Waals surface area contributed by atoms with Crippen LogP contribution in [0.2, 0.25) is 0 Å². The van der Waals surface area contributed by atoms with Crippen molar-refractivity contribution >= 4 is 28.7 Å². The first-order chi connectivity index (χ1) is 32.1. The highest BCUT2D eigenvalue weighted by atomic mass is 16.5. The first-order valence-corrected chi connectivity index (χ1v) is 23.7. The van der Waals surface area contributed by atoms with Gasteiger partial charge in [0.1, 0.15) is 11.5 Å². The molecule has 13 nitrogen and oxygen atoms in total. The van der Waals surface area contributed by atoms with E-state index >= 15 is 0 Å². The van der Waals surface area contributed by atoms with E-state index in [1.807, 2.05) is 64.4 Å². The summed E-state index contributed by atoms with van der Waals surface area (Å²) >= 11 is 0. The number of amides is 2. The monoisotopic (exact) mass is 897 g/mol. The number of H-pyrrole nitrogens is 1. The van der Waals surface area contributed by atoms with Gasteiger partial charge in [-0.25, -0.2) is 0 Å². The Bertz CT molecular complexity index is 2450. The topological polar surface area (TPSA) is 165 Å². The van der Waals surface area contributed by atoms with E-state index < -0.39 is 6.10 Å². The third-order valence-electron chi connectivity index (χ3n) is 13.6. The fraction of sp³-hybridized carbons (Fsp3) is 0.434. The number of ether oxygens (including phenoxy) is 2. The summed E-state index contributed by atoms with van der Waals surface area (Å²) in [5, 5.41) is 24.8. The Morgan fingerprint density at radius 3 is 2.18 bits per heavy atom. The van der Waals surface area contributed by atoms with Crippen molar-refractivity contribution in [1.82, 2.24) is 25.0 Å². The Labute approximate surface area is 386 Å². The molecule has 2 amide bonds. The Kier molecular flexibility index (Phi) is 15.8. The van der Waals surface area contributed by atoms with E-state index in [0.29, 0.717) is 99.1 Å². The number of carbonyl (C=O) groups is 3. The van der Waals surface area contributed by atoms with Crippen LogP contribution in [-0.4, -0.2) is 113 Å². The molecule has 4 aromatic carbocycles. The highest BCUT2D eigenvalue weighted by molar-refractivity contribution is 5.94. The molecule has 3 aliphatic rings. The third kappa shape index (κ3) is 12.4. The number of benzene rings is 4. The molecule has 3 saturated heterocycles. The fourth-order valence-electron chi connectivity index (χ4n) is 9.58. The maximum Gasteiger partial charge on any atom is 0.310 e. The minimum atomic E-state index is -0.839. The summed E-state index contributed by atoms with van der Waals surface area (Å²) in [6.45, 7) is 7.42. The van der Waals surface area contributed by atoms with Crippen LogP contribution >= 0.6 is 0 Å². The highest BCUT2D eigenvalue weighted by Crippen LogP contribution is 2.29. The van der Waals surface area contributed by atoms with E-state index in [4.69, 9.17) is 9.47 Å². The number of aromatic hydroxyl groups is 1. The number of aliphatic hydroxyl groups excluding tert-OH is 1. The van der Waals surface area contributed by atoms with Crippen LogP contribution in [-0.2, 0) is 33.7 Å². The standard InChI is InChI=1S/C53H63N5O8/c59-47-15-13-45(46-14-16-49(61)55-51(46)47)48(60)33-54-24-17-37-9-11-42(12-10-37)52(63)58-29-22-43(23-30-58)53(64)57-27-20-40(21-28-57)35-65-44-8-4-7-41(31-44)32-50(62)66-36-39-18-25-56(26-19-39)34-38-5-2-1-3-6-38/h1-16,31,39-40,43,48,54,59-60H,17-30,32-36H2,(H,55,61). The van der Waals surface area contributed by atoms with Crippen LogP contribution in [0.4, 0.5) is 0 Å². The number of carbonyl (C=O) groups excluding carboxylic acids is 3. The number of piperidine rings is 3. The summed E-state index contributed by atoms with van der Waals surface area (Å²) in [6.07, 6.45) is 5.19. The quantitative estimate of drug-likeness (QED) is 0.0619. The van der Waals surface area contributed by atoms with Gasteiger partial charge >= 0.3 is 5.97 Å². The summed E-state index contributed by atoms with van der Waals surface area (Å²) < 4.78 is 11.9. The molecular formula is C53H63N5O8. The predicted octanol–water partition coefficient (Wildman–Crippen LogP) is 6.27. The Hall–Kier alpha value is -6.02. The number of phenolic OH excluding ortho intramolecular Hbond substituents is 1. The van der Waals surface area contributed by atoms with Gasteiger partial charge < -0.3 is 39.8 Å². The Morgan fingerprint density at radius 1 is 0.727 bits per heavy atom. The molecule has 8 rings (SSSR count). The van der Waals surface area contributed by atoms with Crippen molar-refractivity contribution in [3.05, 3.63) is 141 Å². The second kappa shape index (κ2) is 22.4. The smallest absolute Gasteiger partial charge is 0.310 e. The predicted molar refractivity (Wildman–Crippen MR) is 253 cm³/mol. The number of aromatic amines is 1. The van der Waals surface area contributed by atoms with Gasteiger partial charge in [-0.15, -0.1) is 0 Å². The highest BCUT2D eigenvalue weighted by Gasteiger charge is 2.33. The van der Waals surface area contributed by atoms with E-state index in [0.717, 1.165) is 62.2 Å². The number of esters is 1. The van der Waals surface area contributed by atoms with Gasteiger partial charge in [-0.05, 0) is 135 Å². The van der Waals surface area contributed by atoms with Crippen LogP contribution in [0.1, 0.15) is 77.2 Å². The summed E-state index contributed by atoms with van der Waals surface area (Å²) in [7, 11) is 0.